The number of hydroxylamine groups is 1. The van der Waals surface area contributed by atoms with Crippen LogP contribution < -0.4 is 10.2 Å². The molecule has 2 N–H and O–H groups in total. The van der Waals surface area contributed by atoms with E-state index in [0.29, 0.717) is 12.6 Å². The second-order valence-corrected chi connectivity index (χ2v) is 3.39. The zero-order valence-electron chi connectivity index (χ0n) is 7.65. The van der Waals surface area contributed by atoms with Crippen molar-refractivity contribution in [3.8, 4) is 0 Å². The van der Waals surface area contributed by atoms with Crippen molar-refractivity contribution in [3.05, 3.63) is 18.5 Å². The van der Waals surface area contributed by atoms with E-state index in [1.807, 2.05) is 13.0 Å². The largest absolute Gasteiger partial charge is 0.294 e. The van der Waals surface area contributed by atoms with Crippen LogP contribution in [0.5, 0.6) is 0 Å². The van der Waals surface area contributed by atoms with Crippen LogP contribution in [0.1, 0.15) is 6.92 Å². The van der Waals surface area contributed by atoms with E-state index in [0.717, 1.165) is 10.6 Å². The first kappa shape index (κ1) is 9.29. The van der Waals surface area contributed by atoms with Gasteiger partial charge in [0.05, 0.1) is 17.2 Å². The third-order valence-electron chi connectivity index (χ3n) is 1.57. The van der Waals surface area contributed by atoms with Crippen molar-refractivity contribution >= 4 is 23.6 Å². The number of hydrogen-bond donors (Lipinski definition) is 2. The third-order valence-corrected chi connectivity index (χ3v) is 2.40. The number of aliphatic imine (C=N–C) groups is 1. The minimum Gasteiger partial charge on any atom is -0.294 e. The molecule has 0 saturated heterocycles. The minimum atomic E-state index is 0.592. The second kappa shape index (κ2) is 4.30. The van der Waals surface area contributed by atoms with Crippen LogP contribution in [0.3, 0.4) is 0 Å². The Labute approximate surface area is 86.1 Å². The highest BCUT2D eigenvalue weighted by molar-refractivity contribution is 7.98. The van der Waals surface area contributed by atoms with Gasteiger partial charge in [-0.05, 0) is 24.9 Å². The molecule has 74 valence electrons. The Kier molecular flexibility index (Phi) is 2.85. The normalized spacial score (nSPS) is 13.9. The fourth-order valence-corrected chi connectivity index (χ4v) is 1.60. The Balaban J connectivity index is 2.14. The Hall–Kier alpha value is -1.27. The summed E-state index contributed by atoms with van der Waals surface area (Å²) in [7, 11) is 0. The summed E-state index contributed by atoms with van der Waals surface area (Å²) < 4.78 is 3.00. The average molecular weight is 210 g/mol. The van der Waals surface area contributed by atoms with E-state index in [4.69, 9.17) is 4.84 Å². The Morgan fingerprint density at radius 3 is 3.43 bits per heavy atom. The molecular formula is C8H10N4OS. The van der Waals surface area contributed by atoms with Crippen molar-refractivity contribution in [2.75, 3.05) is 6.61 Å². The van der Waals surface area contributed by atoms with Gasteiger partial charge < -0.3 is 0 Å². The Bertz CT molecular complexity index is 355. The maximum atomic E-state index is 5.02. The van der Waals surface area contributed by atoms with Crippen molar-refractivity contribution in [2.24, 2.45) is 4.99 Å². The standard InChI is InChI=1S/C8H10N4OS/c1-2-13-11-8-10-6-3-4-9-5-7(6)14-12-8/h3-5H,2H2,1H3,(H2,10,11,12). The monoisotopic (exact) mass is 210 g/mol. The van der Waals surface area contributed by atoms with Crippen LogP contribution in [0.25, 0.3) is 0 Å². The fraction of sp³-hybridized carbons (Fsp3) is 0.250. The molecule has 0 radical (unpaired) electrons. The van der Waals surface area contributed by atoms with E-state index in [1.165, 1.54) is 11.9 Å². The van der Waals surface area contributed by atoms with Crippen LogP contribution in [0.4, 0.5) is 5.69 Å². The van der Waals surface area contributed by atoms with Gasteiger partial charge in [0.2, 0.25) is 5.96 Å². The molecule has 0 atom stereocenters. The van der Waals surface area contributed by atoms with Crippen molar-refractivity contribution in [3.63, 3.8) is 0 Å². The summed E-state index contributed by atoms with van der Waals surface area (Å²) in [5.41, 5.74) is 3.60. The van der Waals surface area contributed by atoms with Crippen LogP contribution in [0.15, 0.2) is 28.3 Å². The average Bonchev–Trinajstić information content (AvgIpc) is 2.26. The van der Waals surface area contributed by atoms with Gasteiger partial charge in [0, 0.05) is 12.4 Å². The quantitative estimate of drug-likeness (QED) is 0.568. The summed E-state index contributed by atoms with van der Waals surface area (Å²) in [4.78, 5) is 14.3. The van der Waals surface area contributed by atoms with E-state index in [-0.39, 0.29) is 0 Å². The third kappa shape index (κ3) is 1.97. The van der Waals surface area contributed by atoms with Gasteiger partial charge in [0.15, 0.2) is 0 Å². The van der Waals surface area contributed by atoms with Crippen LogP contribution in [-0.4, -0.2) is 17.6 Å². The molecule has 1 aromatic heterocycles. The van der Waals surface area contributed by atoms with Gasteiger partial charge in [-0.15, -0.1) is 0 Å². The first-order valence-corrected chi connectivity index (χ1v) is 5.05. The number of rotatable bonds is 2. The molecule has 0 aromatic carbocycles. The maximum Gasteiger partial charge on any atom is 0.231 e. The van der Waals surface area contributed by atoms with Crippen LogP contribution in [0.2, 0.25) is 0 Å². The van der Waals surface area contributed by atoms with Crippen molar-refractivity contribution < 1.29 is 4.84 Å². The van der Waals surface area contributed by atoms with Crippen molar-refractivity contribution in [2.45, 2.75) is 11.8 Å². The zero-order valence-corrected chi connectivity index (χ0v) is 8.47. The molecule has 2 rings (SSSR count). The topological polar surface area (TPSA) is 58.5 Å². The van der Waals surface area contributed by atoms with Gasteiger partial charge in [-0.1, -0.05) is 0 Å². The number of nitrogens with zero attached hydrogens (tertiary/aromatic N) is 2. The highest BCUT2D eigenvalue weighted by Crippen LogP contribution is 2.29. The molecule has 1 aliphatic rings. The smallest absolute Gasteiger partial charge is 0.231 e. The lowest BCUT2D eigenvalue weighted by Crippen LogP contribution is -2.34. The lowest BCUT2D eigenvalue weighted by atomic mass is 10.4. The first-order chi connectivity index (χ1) is 6.90. The summed E-state index contributed by atoms with van der Waals surface area (Å²) in [6.45, 7) is 2.50. The molecule has 0 saturated carbocycles. The molecule has 1 aromatic rings. The Morgan fingerprint density at radius 1 is 1.64 bits per heavy atom. The van der Waals surface area contributed by atoms with E-state index in [1.54, 1.807) is 12.4 Å². The van der Waals surface area contributed by atoms with Gasteiger partial charge in [-0.25, -0.2) is 10.5 Å². The molecule has 2 heterocycles. The number of nitrogens with one attached hydrogen (secondary N) is 2. The highest BCUT2D eigenvalue weighted by atomic mass is 32.2. The molecule has 0 aliphatic carbocycles. The summed E-state index contributed by atoms with van der Waals surface area (Å²) in [5, 5.41) is 0. The predicted molar refractivity (Wildman–Crippen MR) is 55.1 cm³/mol. The van der Waals surface area contributed by atoms with E-state index in [9.17, 15) is 0 Å². The van der Waals surface area contributed by atoms with Gasteiger partial charge in [0.25, 0.3) is 0 Å². The van der Waals surface area contributed by atoms with Gasteiger partial charge in [-0.3, -0.25) is 14.5 Å². The number of hydrogen-bond acceptors (Lipinski definition) is 6. The summed E-state index contributed by atoms with van der Waals surface area (Å²) in [5.74, 6) is 0.607. The number of aromatic nitrogens is 1. The van der Waals surface area contributed by atoms with E-state index < -0.39 is 0 Å². The molecule has 0 bridgehead atoms. The van der Waals surface area contributed by atoms with Gasteiger partial charge >= 0.3 is 0 Å². The van der Waals surface area contributed by atoms with Gasteiger partial charge in [-0.2, -0.15) is 0 Å². The Morgan fingerprint density at radius 2 is 2.57 bits per heavy atom. The lowest BCUT2D eigenvalue weighted by Gasteiger charge is -2.16. The lowest BCUT2D eigenvalue weighted by molar-refractivity contribution is 0.0953. The first-order valence-electron chi connectivity index (χ1n) is 4.23. The predicted octanol–water partition coefficient (Wildman–Crippen LogP) is 1.22. The molecule has 6 heteroatoms. The molecule has 14 heavy (non-hydrogen) atoms. The maximum absolute atomic E-state index is 5.02. The molecule has 0 unspecified atom stereocenters. The molecule has 0 spiro atoms. The van der Waals surface area contributed by atoms with E-state index >= 15 is 0 Å². The summed E-state index contributed by atoms with van der Waals surface area (Å²) in [6.07, 6.45) is 3.49. The molecule has 0 amide bonds. The van der Waals surface area contributed by atoms with Crippen LogP contribution in [0, 0.1) is 0 Å². The minimum absolute atomic E-state index is 0.592. The number of fused-ring (bicyclic) bond motifs is 1. The van der Waals surface area contributed by atoms with Crippen molar-refractivity contribution in [1.82, 2.24) is 15.2 Å². The van der Waals surface area contributed by atoms with E-state index in [2.05, 4.69) is 20.2 Å². The molecule has 1 aliphatic heterocycles. The zero-order chi connectivity index (χ0) is 9.80. The molecule has 5 nitrogen and oxygen atoms in total. The van der Waals surface area contributed by atoms with Crippen molar-refractivity contribution in [1.29, 1.82) is 0 Å². The van der Waals surface area contributed by atoms with Crippen LogP contribution >= 0.6 is 11.9 Å². The second-order valence-electron chi connectivity index (χ2n) is 2.54. The fourth-order valence-electron chi connectivity index (χ4n) is 0.974. The number of guanidine groups is 1. The highest BCUT2D eigenvalue weighted by Gasteiger charge is 2.11. The summed E-state index contributed by atoms with van der Waals surface area (Å²) >= 11 is 1.46. The SMILES string of the molecule is CCONC1=Nc2ccncc2SN1. The number of pyridine rings is 1. The molecular weight excluding hydrogens is 200 g/mol. The summed E-state index contributed by atoms with van der Waals surface area (Å²) in [6, 6.07) is 1.86. The molecule has 0 fully saturated rings. The van der Waals surface area contributed by atoms with Gasteiger partial charge in [0.1, 0.15) is 0 Å². The van der Waals surface area contributed by atoms with Crippen LogP contribution in [-0.2, 0) is 4.84 Å².